The summed E-state index contributed by atoms with van der Waals surface area (Å²) in [6.45, 7) is 2.69. The van der Waals surface area contributed by atoms with Crippen LogP contribution in [-0.2, 0) is 6.54 Å². The Morgan fingerprint density at radius 1 is 1.62 bits per heavy atom. The predicted octanol–water partition coefficient (Wildman–Crippen LogP) is 0.963. The molecule has 2 heterocycles. The highest BCUT2D eigenvalue weighted by Gasteiger charge is 2.10. The summed E-state index contributed by atoms with van der Waals surface area (Å²) in [5.74, 6) is 0.0613. The summed E-state index contributed by atoms with van der Waals surface area (Å²) < 4.78 is 1.90. The van der Waals surface area contributed by atoms with E-state index < -0.39 is 0 Å². The van der Waals surface area contributed by atoms with Crippen LogP contribution in [0.2, 0.25) is 0 Å². The molecule has 0 atom stereocenters. The van der Waals surface area contributed by atoms with Gasteiger partial charge in [0.05, 0.1) is 11.8 Å². The van der Waals surface area contributed by atoms with Gasteiger partial charge >= 0.3 is 0 Å². The molecule has 2 N–H and O–H groups in total. The van der Waals surface area contributed by atoms with Gasteiger partial charge in [0.25, 0.3) is 5.56 Å². The van der Waals surface area contributed by atoms with Crippen molar-refractivity contribution in [1.82, 2.24) is 19.7 Å². The minimum atomic E-state index is -0.354. The lowest BCUT2D eigenvalue weighted by Gasteiger charge is -1.99. The second-order valence-electron chi connectivity index (χ2n) is 3.14. The fourth-order valence-electron chi connectivity index (χ4n) is 1.24. The van der Waals surface area contributed by atoms with Crippen molar-refractivity contribution in [3.63, 3.8) is 0 Å². The minimum Gasteiger partial charge on any atom is -0.492 e. The summed E-state index contributed by atoms with van der Waals surface area (Å²) >= 11 is 1.74. The van der Waals surface area contributed by atoms with E-state index in [0.29, 0.717) is 11.4 Å². The summed E-state index contributed by atoms with van der Waals surface area (Å²) in [6.07, 6.45) is 3.35. The molecule has 16 heavy (non-hydrogen) atoms. The monoisotopic (exact) mass is 332 g/mol. The maximum Gasteiger partial charge on any atom is 0.268 e. The molecule has 0 aliphatic carbocycles. The van der Waals surface area contributed by atoms with E-state index in [1.807, 2.05) is 6.92 Å². The van der Waals surface area contributed by atoms with Gasteiger partial charge in [0.15, 0.2) is 0 Å². The molecule has 2 aromatic rings. The molecule has 2 rings (SSSR count). The lowest BCUT2D eigenvalue weighted by atomic mass is 10.3. The molecule has 0 aromatic carbocycles. The predicted molar refractivity (Wildman–Crippen MR) is 66.1 cm³/mol. The van der Waals surface area contributed by atoms with E-state index >= 15 is 0 Å². The quantitative estimate of drug-likeness (QED) is 0.803. The normalized spacial score (nSPS) is 10.6. The number of aromatic amines is 1. The van der Waals surface area contributed by atoms with Crippen molar-refractivity contribution in [1.29, 1.82) is 0 Å². The molecule has 0 amide bonds. The summed E-state index contributed by atoms with van der Waals surface area (Å²) in [5, 5.41) is 13.5. The molecule has 2 aromatic heterocycles. The van der Waals surface area contributed by atoms with Crippen molar-refractivity contribution in [3.05, 3.63) is 26.3 Å². The first-order valence-corrected chi connectivity index (χ1v) is 5.71. The number of aromatic nitrogens is 4. The second-order valence-corrected chi connectivity index (χ2v) is 4.22. The summed E-state index contributed by atoms with van der Waals surface area (Å²) in [7, 11) is 0. The molecule has 0 saturated carbocycles. The molecule has 0 radical (unpaired) electrons. The van der Waals surface area contributed by atoms with Crippen LogP contribution in [0.4, 0.5) is 0 Å². The number of nitrogens with zero attached hydrogens (tertiary/aromatic N) is 3. The molecule has 0 saturated heterocycles. The van der Waals surface area contributed by atoms with E-state index in [0.717, 1.165) is 6.54 Å². The standard InChI is InChI=1S/C9H9IN4O2/c1-2-14-4-5(3-11-14)7-12-8(15)6(10)9(16)13-7/h3-4H,2H2,1H3,(H2,12,13,15,16). The number of hydrogen-bond acceptors (Lipinski definition) is 4. The number of aromatic hydroxyl groups is 1. The van der Waals surface area contributed by atoms with Crippen LogP contribution < -0.4 is 5.56 Å². The Balaban J connectivity index is 2.52. The fourth-order valence-corrected chi connectivity index (χ4v) is 1.50. The van der Waals surface area contributed by atoms with Gasteiger partial charge in [-0.05, 0) is 29.5 Å². The van der Waals surface area contributed by atoms with Gasteiger partial charge in [0.2, 0.25) is 5.88 Å². The first-order valence-electron chi connectivity index (χ1n) is 4.63. The van der Waals surface area contributed by atoms with Crippen molar-refractivity contribution in [3.8, 4) is 17.3 Å². The third-order valence-electron chi connectivity index (χ3n) is 2.08. The van der Waals surface area contributed by atoms with Gasteiger partial charge in [-0.2, -0.15) is 10.1 Å². The van der Waals surface area contributed by atoms with E-state index in [1.54, 1.807) is 39.7 Å². The first kappa shape index (κ1) is 11.1. The molecule has 0 unspecified atom stereocenters. The van der Waals surface area contributed by atoms with E-state index in [-0.39, 0.29) is 15.0 Å². The maximum absolute atomic E-state index is 11.4. The molecule has 0 spiro atoms. The maximum atomic E-state index is 11.4. The largest absolute Gasteiger partial charge is 0.492 e. The molecule has 84 valence electrons. The molecular weight excluding hydrogens is 323 g/mol. The minimum absolute atomic E-state index is 0.184. The zero-order valence-electron chi connectivity index (χ0n) is 8.44. The fraction of sp³-hybridized carbons (Fsp3) is 0.222. The van der Waals surface area contributed by atoms with Crippen LogP contribution in [-0.4, -0.2) is 24.9 Å². The summed E-state index contributed by atoms with van der Waals surface area (Å²) in [5.41, 5.74) is 0.318. The average molecular weight is 332 g/mol. The highest BCUT2D eigenvalue weighted by Crippen LogP contribution is 2.17. The van der Waals surface area contributed by atoms with Crippen molar-refractivity contribution in [2.75, 3.05) is 0 Å². The van der Waals surface area contributed by atoms with Gasteiger partial charge in [0, 0.05) is 12.7 Å². The van der Waals surface area contributed by atoms with E-state index in [2.05, 4.69) is 15.1 Å². The van der Waals surface area contributed by atoms with E-state index in [4.69, 9.17) is 0 Å². The Bertz CT molecular complexity index is 575. The zero-order chi connectivity index (χ0) is 11.7. The molecule has 0 aliphatic rings. The van der Waals surface area contributed by atoms with Crippen molar-refractivity contribution in [2.24, 2.45) is 0 Å². The van der Waals surface area contributed by atoms with Gasteiger partial charge in [-0.25, -0.2) is 0 Å². The van der Waals surface area contributed by atoms with Crippen LogP contribution in [0.25, 0.3) is 11.4 Å². The number of hydrogen-bond donors (Lipinski definition) is 2. The Morgan fingerprint density at radius 3 is 2.94 bits per heavy atom. The smallest absolute Gasteiger partial charge is 0.268 e. The molecule has 0 aliphatic heterocycles. The number of halogens is 1. The molecule has 0 bridgehead atoms. The number of aryl methyl sites for hydroxylation is 1. The van der Waals surface area contributed by atoms with Crippen LogP contribution in [0.5, 0.6) is 5.88 Å². The van der Waals surface area contributed by atoms with Gasteiger partial charge in [-0.3, -0.25) is 9.48 Å². The van der Waals surface area contributed by atoms with Crippen LogP contribution in [0, 0.1) is 3.57 Å². The number of H-pyrrole nitrogens is 1. The van der Waals surface area contributed by atoms with Gasteiger partial charge in [-0.15, -0.1) is 0 Å². The van der Waals surface area contributed by atoms with Gasteiger partial charge in [0.1, 0.15) is 9.39 Å². The number of rotatable bonds is 2. The Morgan fingerprint density at radius 2 is 2.38 bits per heavy atom. The Labute approximate surface area is 104 Å². The zero-order valence-corrected chi connectivity index (χ0v) is 10.6. The lowest BCUT2D eigenvalue weighted by Crippen LogP contribution is -2.12. The molecule has 6 nitrogen and oxygen atoms in total. The third-order valence-corrected chi connectivity index (χ3v) is 3.05. The average Bonchev–Trinajstić information content (AvgIpc) is 2.73. The topological polar surface area (TPSA) is 83.8 Å². The van der Waals surface area contributed by atoms with Crippen LogP contribution in [0.3, 0.4) is 0 Å². The Kier molecular flexibility index (Phi) is 2.95. The lowest BCUT2D eigenvalue weighted by molar-refractivity contribution is 0.447. The van der Waals surface area contributed by atoms with Crippen LogP contribution in [0.15, 0.2) is 17.2 Å². The number of nitrogens with one attached hydrogen (secondary N) is 1. The van der Waals surface area contributed by atoms with Crippen molar-refractivity contribution >= 4 is 22.6 Å². The molecular formula is C9H9IN4O2. The van der Waals surface area contributed by atoms with Gasteiger partial charge < -0.3 is 10.1 Å². The second kappa shape index (κ2) is 4.24. The van der Waals surface area contributed by atoms with Crippen molar-refractivity contribution < 1.29 is 5.11 Å². The van der Waals surface area contributed by atoms with E-state index in [1.165, 1.54) is 0 Å². The van der Waals surface area contributed by atoms with Gasteiger partial charge in [-0.1, -0.05) is 0 Å². The third kappa shape index (κ3) is 1.94. The van der Waals surface area contributed by atoms with Crippen LogP contribution >= 0.6 is 22.6 Å². The SMILES string of the molecule is CCn1cc(-c2nc(O)c(I)c(=O)[nH]2)cn1. The highest BCUT2D eigenvalue weighted by atomic mass is 127. The first-order chi connectivity index (χ1) is 7.61. The van der Waals surface area contributed by atoms with E-state index in [9.17, 15) is 9.90 Å². The Hall–Kier alpha value is -1.38. The van der Waals surface area contributed by atoms with Crippen LogP contribution in [0.1, 0.15) is 6.92 Å². The molecule has 0 fully saturated rings. The molecule has 7 heteroatoms. The van der Waals surface area contributed by atoms with Crippen molar-refractivity contribution in [2.45, 2.75) is 13.5 Å². The summed E-state index contributed by atoms with van der Waals surface area (Å²) in [6, 6.07) is 0. The summed E-state index contributed by atoms with van der Waals surface area (Å²) in [4.78, 5) is 17.9. The highest BCUT2D eigenvalue weighted by molar-refractivity contribution is 14.1.